The quantitative estimate of drug-likeness (QED) is 0.270. The summed E-state index contributed by atoms with van der Waals surface area (Å²) in [5.41, 5.74) is 2.09. The number of aromatic nitrogens is 3. The van der Waals surface area contributed by atoms with Crippen LogP contribution in [0.3, 0.4) is 0 Å². The number of carbonyl (C=O) groups excluding carboxylic acids is 1. The minimum absolute atomic E-state index is 0.0974. The van der Waals surface area contributed by atoms with Crippen molar-refractivity contribution in [1.82, 2.24) is 14.8 Å². The zero-order chi connectivity index (χ0) is 22.7. The molecular formula is C22H14Cl4N4OS. The van der Waals surface area contributed by atoms with Crippen LogP contribution in [0.5, 0.6) is 0 Å². The van der Waals surface area contributed by atoms with Crippen molar-refractivity contribution in [3.05, 3.63) is 86.8 Å². The van der Waals surface area contributed by atoms with Crippen LogP contribution in [0.15, 0.2) is 71.9 Å². The van der Waals surface area contributed by atoms with Gasteiger partial charge in [0.1, 0.15) is 0 Å². The van der Waals surface area contributed by atoms with Crippen LogP contribution in [0.2, 0.25) is 20.1 Å². The molecule has 0 radical (unpaired) electrons. The van der Waals surface area contributed by atoms with Gasteiger partial charge in [0.2, 0.25) is 5.91 Å². The Morgan fingerprint density at radius 2 is 1.59 bits per heavy atom. The minimum Gasteiger partial charge on any atom is -0.324 e. The van der Waals surface area contributed by atoms with Crippen molar-refractivity contribution >= 4 is 69.8 Å². The molecule has 0 saturated heterocycles. The van der Waals surface area contributed by atoms with Crippen LogP contribution >= 0.6 is 58.2 Å². The lowest BCUT2D eigenvalue weighted by molar-refractivity contribution is -0.113. The SMILES string of the molecule is O=C(CSc1nnc(-c2cccc(Cl)c2)n1-c1ccc(Cl)cc1)Nc1ccc(Cl)cc1Cl. The van der Waals surface area contributed by atoms with Crippen LogP contribution in [0.1, 0.15) is 0 Å². The lowest BCUT2D eigenvalue weighted by Gasteiger charge is -2.11. The topological polar surface area (TPSA) is 59.8 Å². The molecule has 4 rings (SSSR count). The fourth-order valence-electron chi connectivity index (χ4n) is 2.91. The number of nitrogens with one attached hydrogen (secondary N) is 1. The van der Waals surface area contributed by atoms with E-state index in [1.54, 1.807) is 36.4 Å². The molecule has 0 unspecified atom stereocenters. The van der Waals surface area contributed by atoms with Gasteiger partial charge in [-0.05, 0) is 54.6 Å². The molecule has 10 heteroatoms. The number of amides is 1. The number of benzene rings is 3. The predicted molar refractivity (Wildman–Crippen MR) is 133 cm³/mol. The molecular weight excluding hydrogens is 510 g/mol. The van der Waals surface area contributed by atoms with Crippen molar-refractivity contribution in [2.24, 2.45) is 0 Å². The minimum atomic E-state index is -0.241. The van der Waals surface area contributed by atoms with Gasteiger partial charge in [0, 0.05) is 26.3 Å². The number of halogens is 4. The lowest BCUT2D eigenvalue weighted by Crippen LogP contribution is -2.15. The Morgan fingerprint density at radius 3 is 2.31 bits per heavy atom. The first-order chi connectivity index (χ1) is 15.4. The van der Waals surface area contributed by atoms with Crippen LogP contribution < -0.4 is 5.32 Å². The molecule has 4 aromatic rings. The Labute approximate surface area is 208 Å². The Bertz CT molecular complexity index is 1280. The summed E-state index contributed by atoms with van der Waals surface area (Å²) in [7, 11) is 0. The summed E-state index contributed by atoms with van der Waals surface area (Å²) in [5.74, 6) is 0.452. The highest BCUT2D eigenvalue weighted by Gasteiger charge is 2.18. The highest BCUT2D eigenvalue weighted by atomic mass is 35.5. The molecule has 3 aromatic carbocycles. The molecule has 0 fully saturated rings. The molecule has 0 atom stereocenters. The summed E-state index contributed by atoms with van der Waals surface area (Å²) >= 11 is 25.5. The number of rotatable bonds is 6. The monoisotopic (exact) mass is 522 g/mol. The van der Waals surface area contributed by atoms with E-state index in [1.807, 2.05) is 34.9 Å². The summed E-state index contributed by atoms with van der Waals surface area (Å²) in [6, 6.07) is 19.5. The van der Waals surface area contributed by atoms with Crippen LogP contribution in [-0.2, 0) is 4.79 Å². The Morgan fingerprint density at radius 1 is 0.875 bits per heavy atom. The molecule has 1 amide bonds. The number of carbonyl (C=O) groups is 1. The Hall–Kier alpha value is -2.22. The normalized spacial score (nSPS) is 10.9. The highest BCUT2D eigenvalue weighted by Crippen LogP contribution is 2.30. The van der Waals surface area contributed by atoms with Crippen molar-refractivity contribution in [3.8, 4) is 17.1 Å². The van der Waals surface area contributed by atoms with E-state index in [4.69, 9.17) is 46.4 Å². The fraction of sp³-hybridized carbons (Fsp3) is 0.0455. The predicted octanol–water partition coefficient (Wildman–Crippen LogP) is 7.28. The van der Waals surface area contributed by atoms with E-state index < -0.39 is 0 Å². The van der Waals surface area contributed by atoms with Gasteiger partial charge in [-0.15, -0.1) is 10.2 Å². The van der Waals surface area contributed by atoms with Gasteiger partial charge in [-0.2, -0.15) is 0 Å². The summed E-state index contributed by atoms with van der Waals surface area (Å²) in [6.07, 6.45) is 0. The lowest BCUT2D eigenvalue weighted by atomic mass is 10.2. The average molecular weight is 524 g/mol. The molecule has 1 aromatic heterocycles. The molecule has 0 spiro atoms. The number of nitrogens with zero attached hydrogens (tertiary/aromatic N) is 3. The number of thioether (sulfide) groups is 1. The molecule has 0 aliphatic carbocycles. The van der Waals surface area contributed by atoms with Crippen LogP contribution in [0.25, 0.3) is 17.1 Å². The third-order valence-corrected chi connectivity index (χ3v) is 6.30. The van der Waals surface area contributed by atoms with Gasteiger partial charge in [-0.25, -0.2) is 0 Å². The van der Waals surface area contributed by atoms with Crippen molar-refractivity contribution in [3.63, 3.8) is 0 Å². The van der Waals surface area contributed by atoms with E-state index in [0.29, 0.717) is 36.8 Å². The standard InChI is InChI=1S/C22H14Cl4N4OS/c23-14-4-7-17(8-5-14)30-21(13-2-1-3-15(24)10-13)28-29-22(30)32-12-20(31)27-19-9-6-16(25)11-18(19)26/h1-11H,12H2,(H,27,31). The van der Waals surface area contributed by atoms with Crippen molar-refractivity contribution in [2.45, 2.75) is 5.16 Å². The maximum Gasteiger partial charge on any atom is 0.234 e. The molecule has 1 N–H and O–H groups in total. The second kappa shape index (κ2) is 10.1. The van der Waals surface area contributed by atoms with E-state index >= 15 is 0 Å². The van der Waals surface area contributed by atoms with Gasteiger partial charge in [0.25, 0.3) is 0 Å². The van der Waals surface area contributed by atoms with Crippen LogP contribution in [-0.4, -0.2) is 26.4 Å². The largest absolute Gasteiger partial charge is 0.324 e. The zero-order valence-electron chi connectivity index (χ0n) is 16.2. The van der Waals surface area contributed by atoms with E-state index in [2.05, 4.69) is 15.5 Å². The first-order valence-corrected chi connectivity index (χ1v) is 11.8. The fourth-order valence-corrected chi connectivity index (χ4v) is 4.43. The van der Waals surface area contributed by atoms with Crippen molar-refractivity contribution in [2.75, 3.05) is 11.1 Å². The number of hydrogen-bond acceptors (Lipinski definition) is 4. The molecule has 0 aliphatic rings. The molecule has 0 bridgehead atoms. The van der Waals surface area contributed by atoms with Gasteiger partial charge < -0.3 is 5.32 Å². The maximum absolute atomic E-state index is 12.5. The summed E-state index contributed by atoms with van der Waals surface area (Å²) in [5, 5.41) is 14.0. The molecule has 162 valence electrons. The summed E-state index contributed by atoms with van der Waals surface area (Å²) in [6.45, 7) is 0. The zero-order valence-corrected chi connectivity index (χ0v) is 20.1. The Kier molecular flexibility index (Phi) is 7.28. The first kappa shape index (κ1) is 23.0. The molecule has 5 nitrogen and oxygen atoms in total. The number of hydrogen-bond donors (Lipinski definition) is 1. The van der Waals surface area contributed by atoms with E-state index in [9.17, 15) is 4.79 Å². The molecule has 32 heavy (non-hydrogen) atoms. The van der Waals surface area contributed by atoms with Crippen LogP contribution in [0.4, 0.5) is 5.69 Å². The molecule has 0 aliphatic heterocycles. The third-order valence-electron chi connectivity index (χ3n) is 4.34. The van der Waals surface area contributed by atoms with E-state index in [0.717, 1.165) is 11.3 Å². The average Bonchev–Trinajstić information content (AvgIpc) is 3.19. The third kappa shape index (κ3) is 5.39. The van der Waals surface area contributed by atoms with Crippen molar-refractivity contribution in [1.29, 1.82) is 0 Å². The van der Waals surface area contributed by atoms with Gasteiger partial charge in [0.05, 0.1) is 16.5 Å². The highest BCUT2D eigenvalue weighted by molar-refractivity contribution is 7.99. The number of anilines is 1. The summed E-state index contributed by atoms with van der Waals surface area (Å²) in [4.78, 5) is 12.5. The van der Waals surface area contributed by atoms with Gasteiger partial charge >= 0.3 is 0 Å². The van der Waals surface area contributed by atoms with Crippen LogP contribution in [0, 0.1) is 0 Å². The first-order valence-electron chi connectivity index (χ1n) is 9.26. The Balaban J connectivity index is 1.60. The smallest absolute Gasteiger partial charge is 0.234 e. The van der Waals surface area contributed by atoms with Gasteiger partial charge in [0.15, 0.2) is 11.0 Å². The molecule has 0 saturated carbocycles. The summed E-state index contributed by atoms with van der Waals surface area (Å²) < 4.78 is 1.86. The van der Waals surface area contributed by atoms with E-state index in [1.165, 1.54) is 11.8 Å². The second-order valence-corrected chi connectivity index (χ2v) is 9.25. The van der Waals surface area contributed by atoms with Gasteiger partial charge in [-0.3, -0.25) is 9.36 Å². The van der Waals surface area contributed by atoms with Crippen molar-refractivity contribution < 1.29 is 4.79 Å². The maximum atomic E-state index is 12.5. The molecule has 1 heterocycles. The van der Waals surface area contributed by atoms with Gasteiger partial charge in [-0.1, -0.05) is 70.3 Å². The second-order valence-electron chi connectivity index (χ2n) is 6.59. The van der Waals surface area contributed by atoms with E-state index in [-0.39, 0.29) is 11.7 Å².